The van der Waals surface area contributed by atoms with E-state index in [9.17, 15) is 32.7 Å². The van der Waals surface area contributed by atoms with Crippen LogP contribution in [0.25, 0.3) is 15.8 Å². The fraction of sp³-hybridized carbons (Fsp3) is 0.182. The lowest BCUT2D eigenvalue weighted by Crippen LogP contribution is -2.40. The molecule has 8 nitrogen and oxygen atoms in total. The Morgan fingerprint density at radius 3 is 2.37 bits per heavy atom. The van der Waals surface area contributed by atoms with Gasteiger partial charge in [-0.15, -0.1) is 0 Å². The standard InChI is InChI=1S/C14H10F3N3O3S.C8H7ClO2/c1-19-11(14(15,16)17)5-12(22)20(13(19)23)7-2-3-10-8(4-7)9(6-21)18-24-10;1-6(10)11-8-4-2-7(9)3-5-8/h2-5,21H,6H2,1H3;2-5H,1H3. The van der Waals surface area contributed by atoms with E-state index in [0.29, 0.717) is 37.1 Å². The first kappa shape index (κ1) is 26.1. The molecule has 0 aliphatic heterocycles. The Hall–Kier alpha value is -3.48. The van der Waals surface area contributed by atoms with Crippen molar-refractivity contribution in [2.75, 3.05) is 0 Å². The van der Waals surface area contributed by atoms with Crippen LogP contribution in [0.1, 0.15) is 18.3 Å². The van der Waals surface area contributed by atoms with Gasteiger partial charge in [0.05, 0.1) is 22.7 Å². The van der Waals surface area contributed by atoms with Crippen LogP contribution in [0, 0.1) is 0 Å². The molecule has 4 rings (SSSR count). The zero-order chi connectivity index (χ0) is 25.9. The van der Waals surface area contributed by atoms with Gasteiger partial charge in [0.15, 0.2) is 0 Å². The second-order valence-corrected chi connectivity index (χ2v) is 8.30. The maximum absolute atomic E-state index is 12.9. The molecule has 0 spiro atoms. The minimum Gasteiger partial charge on any atom is -0.427 e. The molecule has 0 unspecified atom stereocenters. The Balaban J connectivity index is 0.000000261. The van der Waals surface area contributed by atoms with Crippen molar-refractivity contribution in [3.63, 3.8) is 0 Å². The molecule has 4 aromatic rings. The number of nitrogens with zero attached hydrogens (tertiary/aromatic N) is 3. The number of rotatable bonds is 3. The van der Waals surface area contributed by atoms with E-state index < -0.39 is 23.1 Å². The summed E-state index contributed by atoms with van der Waals surface area (Å²) < 4.78 is 49.1. The predicted octanol–water partition coefficient (Wildman–Crippen LogP) is 3.92. The Bertz CT molecular complexity index is 1490. The molecule has 0 saturated heterocycles. The first-order valence-corrected chi connectivity index (χ1v) is 10.9. The third-order valence-electron chi connectivity index (χ3n) is 4.62. The van der Waals surface area contributed by atoms with Crippen molar-refractivity contribution >= 4 is 39.2 Å². The van der Waals surface area contributed by atoms with Gasteiger partial charge in [-0.05, 0) is 54.0 Å². The molecule has 0 radical (unpaired) electrons. The Morgan fingerprint density at radius 1 is 1.14 bits per heavy atom. The van der Waals surface area contributed by atoms with Crippen LogP contribution >= 0.6 is 23.1 Å². The topological polar surface area (TPSA) is 103 Å². The summed E-state index contributed by atoms with van der Waals surface area (Å²) in [6, 6.07) is 11.5. The van der Waals surface area contributed by atoms with Crippen LogP contribution in [0.4, 0.5) is 13.2 Å². The van der Waals surface area contributed by atoms with E-state index in [0.717, 1.165) is 23.3 Å². The highest BCUT2D eigenvalue weighted by molar-refractivity contribution is 7.13. The first-order chi connectivity index (χ1) is 16.4. The predicted molar refractivity (Wildman–Crippen MR) is 124 cm³/mol. The number of hydrogen-bond donors (Lipinski definition) is 1. The summed E-state index contributed by atoms with van der Waals surface area (Å²) in [6.07, 6.45) is -4.81. The first-order valence-electron chi connectivity index (χ1n) is 9.76. The highest BCUT2D eigenvalue weighted by atomic mass is 35.5. The van der Waals surface area contributed by atoms with Crippen molar-refractivity contribution in [3.8, 4) is 11.4 Å². The minimum absolute atomic E-state index is 0.108. The van der Waals surface area contributed by atoms with Crippen molar-refractivity contribution < 1.29 is 27.8 Å². The fourth-order valence-corrected chi connectivity index (χ4v) is 3.93. The maximum atomic E-state index is 12.9. The maximum Gasteiger partial charge on any atom is 0.431 e. The van der Waals surface area contributed by atoms with Crippen LogP contribution in [0.2, 0.25) is 5.02 Å². The lowest BCUT2D eigenvalue weighted by molar-refractivity contribution is -0.144. The van der Waals surface area contributed by atoms with Crippen molar-refractivity contribution in [1.29, 1.82) is 0 Å². The van der Waals surface area contributed by atoms with Gasteiger partial charge in [-0.1, -0.05) is 11.6 Å². The highest BCUT2D eigenvalue weighted by Crippen LogP contribution is 2.28. The van der Waals surface area contributed by atoms with Gasteiger partial charge in [-0.2, -0.15) is 17.5 Å². The molecule has 13 heteroatoms. The molecular formula is C22H17ClF3N3O5S. The van der Waals surface area contributed by atoms with E-state index in [-0.39, 0.29) is 18.3 Å². The minimum atomic E-state index is -4.81. The normalized spacial score (nSPS) is 11.2. The number of carbonyl (C=O) groups excluding carboxylic acids is 1. The molecule has 1 N–H and O–H groups in total. The van der Waals surface area contributed by atoms with E-state index in [2.05, 4.69) is 4.37 Å². The van der Waals surface area contributed by atoms with Gasteiger partial charge in [0.1, 0.15) is 11.4 Å². The third kappa shape index (κ3) is 5.96. The van der Waals surface area contributed by atoms with Crippen molar-refractivity contribution in [2.45, 2.75) is 19.7 Å². The van der Waals surface area contributed by atoms with Crippen LogP contribution < -0.4 is 16.0 Å². The van der Waals surface area contributed by atoms with Crippen LogP contribution in [-0.2, 0) is 24.6 Å². The molecule has 0 amide bonds. The lowest BCUT2D eigenvalue weighted by Gasteiger charge is -2.13. The molecule has 2 heterocycles. The summed E-state index contributed by atoms with van der Waals surface area (Å²) in [4.78, 5) is 34.8. The van der Waals surface area contributed by atoms with Gasteiger partial charge in [-0.3, -0.25) is 14.2 Å². The molecule has 0 saturated carbocycles. The number of alkyl halides is 3. The smallest absolute Gasteiger partial charge is 0.427 e. The van der Waals surface area contributed by atoms with Crippen molar-refractivity contribution in [3.05, 3.63) is 85.8 Å². The van der Waals surface area contributed by atoms with E-state index in [1.165, 1.54) is 19.1 Å². The van der Waals surface area contributed by atoms with Gasteiger partial charge in [0.25, 0.3) is 5.56 Å². The number of esters is 1. The molecule has 2 aromatic heterocycles. The van der Waals surface area contributed by atoms with Crippen LogP contribution in [0.3, 0.4) is 0 Å². The molecule has 35 heavy (non-hydrogen) atoms. The Kier molecular flexibility index (Phi) is 7.78. The molecular weight excluding hydrogens is 511 g/mol. The van der Waals surface area contributed by atoms with E-state index >= 15 is 0 Å². The molecule has 0 aliphatic rings. The SMILES string of the molecule is CC(=O)Oc1ccc(Cl)cc1.Cn1c(C(F)(F)F)cc(=O)n(-c2ccc3snc(CO)c3c2)c1=O. The molecule has 0 atom stereocenters. The number of carbonyl (C=O) groups is 1. The average Bonchev–Trinajstić information content (AvgIpc) is 3.20. The average molecular weight is 528 g/mol. The Labute approximate surface area is 204 Å². The van der Waals surface area contributed by atoms with Crippen LogP contribution in [0.15, 0.2) is 58.1 Å². The van der Waals surface area contributed by atoms with E-state index in [1.54, 1.807) is 30.3 Å². The molecule has 184 valence electrons. The summed E-state index contributed by atoms with van der Waals surface area (Å²) in [5.74, 6) is 0.189. The summed E-state index contributed by atoms with van der Waals surface area (Å²) in [5.41, 5.74) is -3.03. The van der Waals surface area contributed by atoms with Crippen molar-refractivity contribution in [1.82, 2.24) is 13.5 Å². The molecule has 0 fully saturated rings. The molecule has 0 aliphatic carbocycles. The number of aliphatic hydroxyl groups excluding tert-OH is 1. The second kappa shape index (κ2) is 10.4. The van der Waals surface area contributed by atoms with Gasteiger partial charge in [-0.25, -0.2) is 9.36 Å². The monoisotopic (exact) mass is 527 g/mol. The van der Waals surface area contributed by atoms with Gasteiger partial charge >= 0.3 is 17.8 Å². The van der Waals surface area contributed by atoms with E-state index in [4.69, 9.17) is 16.3 Å². The van der Waals surface area contributed by atoms with Gasteiger partial charge < -0.3 is 9.84 Å². The zero-order valence-electron chi connectivity index (χ0n) is 18.2. The largest absolute Gasteiger partial charge is 0.431 e. The molecule has 2 aromatic carbocycles. The van der Waals surface area contributed by atoms with Crippen molar-refractivity contribution in [2.24, 2.45) is 7.05 Å². The fourth-order valence-electron chi connectivity index (χ4n) is 3.03. The number of aromatic nitrogens is 3. The molecule has 0 bridgehead atoms. The zero-order valence-corrected chi connectivity index (χ0v) is 19.7. The van der Waals surface area contributed by atoms with E-state index in [1.807, 2.05) is 0 Å². The lowest BCUT2D eigenvalue weighted by atomic mass is 10.2. The highest BCUT2D eigenvalue weighted by Gasteiger charge is 2.35. The number of fused-ring (bicyclic) bond motifs is 1. The Morgan fingerprint density at radius 2 is 1.80 bits per heavy atom. The van der Waals surface area contributed by atoms with Gasteiger partial charge in [0.2, 0.25) is 0 Å². The number of hydrogen-bond acceptors (Lipinski definition) is 7. The van der Waals surface area contributed by atoms with Crippen LogP contribution in [0.5, 0.6) is 5.75 Å². The summed E-state index contributed by atoms with van der Waals surface area (Å²) in [5, 5.41) is 10.4. The second-order valence-electron chi connectivity index (χ2n) is 7.06. The summed E-state index contributed by atoms with van der Waals surface area (Å²) >= 11 is 6.74. The number of benzene rings is 2. The quantitative estimate of drug-likeness (QED) is 0.320. The van der Waals surface area contributed by atoms with Crippen LogP contribution in [-0.4, -0.2) is 24.6 Å². The summed E-state index contributed by atoms with van der Waals surface area (Å²) in [6.45, 7) is 1.03. The van der Waals surface area contributed by atoms with Gasteiger partial charge in [0, 0.05) is 30.4 Å². The number of ether oxygens (including phenoxy) is 1. The number of aliphatic hydroxyl groups is 1. The summed E-state index contributed by atoms with van der Waals surface area (Å²) in [7, 11) is 0.949. The number of halogens is 4. The third-order valence-corrected chi connectivity index (χ3v) is 5.74.